The summed E-state index contributed by atoms with van der Waals surface area (Å²) in [6, 6.07) is 27.4. The minimum atomic E-state index is -2.00. The van der Waals surface area contributed by atoms with Crippen molar-refractivity contribution < 1.29 is 4.74 Å². The van der Waals surface area contributed by atoms with Crippen LogP contribution in [-0.4, -0.2) is 20.4 Å². The predicted octanol–water partition coefficient (Wildman–Crippen LogP) is 7.57. The zero-order valence-corrected chi connectivity index (χ0v) is 21.2. The molecule has 0 N–H and O–H groups in total. The molecule has 3 aromatic carbocycles. The Morgan fingerprint density at radius 2 is 1.19 bits per heavy atom. The van der Waals surface area contributed by atoms with E-state index in [2.05, 4.69) is 92.1 Å². The van der Waals surface area contributed by atoms with E-state index in [0.717, 1.165) is 16.9 Å². The molecule has 0 radical (unpaired) electrons. The zero-order chi connectivity index (χ0) is 22.1. The number of benzene rings is 3. The van der Waals surface area contributed by atoms with Crippen LogP contribution in [0.2, 0.25) is 15.8 Å². The first-order valence-electron chi connectivity index (χ1n) is 11.2. The van der Waals surface area contributed by atoms with Crippen LogP contribution in [0.5, 0.6) is 5.75 Å². The molecule has 0 aliphatic carbocycles. The summed E-state index contributed by atoms with van der Waals surface area (Å²) in [6.45, 7) is 7.14. The van der Waals surface area contributed by atoms with E-state index in [4.69, 9.17) is 4.74 Å². The van der Waals surface area contributed by atoms with Crippen LogP contribution in [0.15, 0.2) is 83.8 Å². The summed E-state index contributed by atoms with van der Waals surface area (Å²) in [6.07, 6.45) is 0. The van der Waals surface area contributed by atoms with Crippen LogP contribution in [0.3, 0.4) is 0 Å². The molecule has 0 fully saturated rings. The Bertz CT molecular complexity index is 1040. The summed E-state index contributed by atoms with van der Waals surface area (Å²) in [4.78, 5) is 2.69. The number of ether oxygens (including phenoxy) is 1. The molecule has 158 valence electrons. The summed E-state index contributed by atoms with van der Waals surface area (Å²) in [7, 11) is 1.68. The van der Waals surface area contributed by atoms with Crippen molar-refractivity contribution in [1.82, 2.24) is 0 Å². The van der Waals surface area contributed by atoms with Crippen LogP contribution in [0.1, 0.15) is 43.0 Å². The van der Waals surface area contributed by atoms with E-state index in [0.29, 0.717) is 0 Å². The third-order valence-electron chi connectivity index (χ3n) is 6.28. The molecule has 0 bridgehead atoms. The molecule has 0 aromatic heterocycles. The Morgan fingerprint density at radius 3 is 1.68 bits per heavy atom. The molecular weight excluding hydrogens is 437 g/mol. The molecule has 0 unspecified atom stereocenters. The third kappa shape index (κ3) is 5.93. The Hall–Kier alpha value is -2.70. The maximum atomic E-state index is 5.21. The van der Waals surface area contributed by atoms with Crippen molar-refractivity contribution in [3.05, 3.63) is 106 Å². The van der Waals surface area contributed by atoms with Gasteiger partial charge in [0.1, 0.15) is 0 Å². The van der Waals surface area contributed by atoms with Crippen molar-refractivity contribution in [2.45, 2.75) is 36.5 Å². The van der Waals surface area contributed by atoms with Crippen molar-refractivity contribution in [2.24, 2.45) is 0 Å². The summed E-state index contributed by atoms with van der Waals surface area (Å²) in [5, 5.41) is 3.98. The Kier molecular flexibility index (Phi) is 8.21. The average Bonchev–Trinajstić information content (AvgIpc) is 2.85. The van der Waals surface area contributed by atoms with Gasteiger partial charge in [-0.1, -0.05) is 0 Å². The van der Waals surface area contributed by atoms with Gasteiger partial charge in [0.05, 0.1) is 7.11 Å². The van der Waals surface area contributed by atoms with Crippen molar-refractivity contribution >= 4 is 18.8 Å². The summed E-state index contributed by atoms with van der Waals surface area (Å²) >= 11 is -2.00. The van der Waals surface area contributed by atoms with E-state index in [1.807, 2.05) is 24.3 Å². The predicted molar refractivity (Wildman–Crippen MR) is 136 cm³/mol. The van der Waals surface area contributed by atoms with Gasteiger partial charge in [0.2, 0.25) is 0 Å². The monoisotopic (exact) mass is 470 g/mol. The second-order valence-corrected chi connectivity index (χ2v) is 18.7. The van der Waals surface area contributed by atoms with Crippen LogP contribution < -0.4 is 4.74 Å². The minimum absolute atomic E-state index is 0.849. The average molecular weight is 469 g/mol. The van der Waals surface area contributed by atoms with E-state index in [-0.39, 0.29) is 0 Å². The standard InChI is InChI=1S/C29H32GeO/c1-5-30(6-2,7-3)23-29(26-11-9-8-10-12-26)27-19-15-24(16-20-27)13-14-25-17-21-28(31-4)22-18-25/h8-12,15-23H,5-7H2,1-4H3/b29-23-. The second-order valence-electron chi connectivity index (χ2n) is 7.90. The fourth-order valence-corrected chi connectivity index (χ4v) is 10.3. The zero-order valence-electron chi connectivity index (χ0n) is 19.1. The molecule has 0 spiro atoms. The summed E-state index contributed by atoms with van der Waals surface area (Å²) < 4.78 is 5.21. The SMILES string of the molecule is C[CH2][Ge](/[CH]=C(/c1ccccc1)c1ccc(C#Cc2ccc(OC)cc2)cc1)([CH2]C)[CH2]C. The Balaban J connectivity index is 1.93. The van der Waals surface area contributed by atoms with Gasteiger partial charge in [-0.15, -0.1) is 0 Å². The fraction of sp³-hybridized carbons (Fsp3) is 0.241. The van der Waals surface area contributed by atoms with E-state index in [9.17, 15) is 0 Å². The first-order valence-corrected chi connectivity index (χ1v) is 16.8. The van der Waals surface area contributed by atoms with E-state index in [1.54, 1.807) is 7.11 Å². The summed E-state index contributed by atoms with van der Waals surface area (Å²) in [5.74, 6) is 7.38. The van der Waals surface area contributed by atoms with Gasteiger partial charge in [0.15, 0.2) is 0 Å². The van der Waals surface area contributed by atoms with Crippen molar-refractivity contribution in [3.63, 3.8) is 0 Å². The summed E-state index contributed by atoms with van der Waals surface area (Å²) in [5.41, 5.74) is 6.00. The molecule has 0 aliphatic heterocycles. The van der Waals surface area contributed by atoms with Crippen molar-refractivity contribution in [1.29, 1.82) is 0 Å². The Morgan fingerprint density at radius 1 is 0.710 bits per heavy atom. The van der Waals surface area contributed by atoms with Gasteiger partial charge in [-0.05, 0) is 0 Å². The fourth-order valence-electron chi connectivity index (χ4n) is 3.87. The number of rotatable bonds is 7. The van der Waals surface area contributed by atoms with Crippen LogP contribution in [0.25, 0.3) is 5.57 Å². The van der Waals surface area contributed by atoms with Crippen LogP contribution in [-0.2, 0) is 0 Å². The topological polar surface area (TPSA) is 9.23 Å². The molecule has 2 heteroatoms. The van der Waals surface area contributed by atoms with Crippen LogP contribution in [0, 0.1) is 11.8 Å². The molecule has 31 heavy (non-hydrogen) atoms. The third-order valence-corrected chi connectivity index (χ3v) is 17.0. The Labute approximate surface area is 190 Å². The molecule has 0 saturated carbocycles. The molecule has 0 heterocycles. The quantitative estimate of drug-likeness (QED) is 0.256. The van der Waals surface area contributed by atoms with Gasteiger partial charge in [-0.3, -0.25) is 0 Å². The van der Waals surface area contributed by atoms with Gasteiger partial charge in [-0.25, -0.2) is 0 Å². The van der Waals surface area contributed by atoms with E-state index in [1.165, 1.54) is 32.5 Å². The normalized spacial score (nSPS) is 11.5. The second kappa shape index (κ2) is 11.1. The van der Waals surface area contributed by atoms with Gasteiger partial charge in [-0.2, -0.15) is 0 Å². The van der Waals surface area contributed by atoms with E-state index < -0.39 is 13.3 Å². The van der Waals surface area contributed by atoms with Crippen molar-refractivity contribution in [3.8, 4) is 17.6 Å². The van der Waals surface area contributed by atoms with Crippen LogP contribution >= 0.6 is 0 Å². The molecule has 0 amide bonds. The molecule has 1 nitrogen and oxygen atoms in total. The molecule has 3 rings (SSSR count). The van der Waals surface area contributed by atoms with Gasteiger partial charge >= 0.3 is 179 Å². The van der Waals surface area contributed by atoms with E-state index >= 15 is 0 Å². The molecule has 3 aromatic rings. The first-order chi connectivity index (χ1) is 15.1. The van der Waals surface area contributed by atoms with Gasteiger partial charge in [0.25, 0.3) is 0 Å². The number of methoxy groups -OCH3 is 1. The van der Waals surface area contributed by atoms with Gasteiger partial charge in [0, 0.05) is 0 Å². The number of hydrogen-bond acceptors (Lipinski definition) is 1. The maximum absolute atomic E-state index is 5.21. The molecule has 0 saturated heterocycles. The van der Waals surface area contributed by atoms with Crippen molar-refractivity contribution in [2.75, 3.05) is 7.11 Å². The van der Waals surface area contributed by atoms with Crippen LogP contribution in [0.4, 0.5) is 0 Å². The number of hydrogen-bond donors (Lipinski definition) is 0. The molecule has 0 aliphatic rings. The molecular formula is C29H32GeO. The molecule has 0 atom stereocenters. The van der Waals surface area contributed by atoms with Gasteiger partial charge < -0.3 is 4.74 Å². The first kappa shape index (κ1) is 23.0.